The third-order valence-electron chi connectivity index (χ3n) is 6.64. The summed E-state index contributed by atoms with van der Waals surface area (Å²) in [6, 6.07) is 1.35. The van der Waals surface area contributed by atoms with Gasteiger partial charge in [-0.2, -0.15) is 13.1 Å². The number of halogens is 2. The van der Waals surface area contributed by atoms with E-state index in [9.17, 15) is 0 Å². The van der Waals surface area contributed by atoms with Crippen LogP contribution < -0.4 is 0 Å². The van der Waals surface area contributed by atoms with Crippen LogP contribution in [0.3, 0.4) is 0 Å². The molecule has 28 heavy (non-hydrogen) atoms. The predicted molar refractivity (Wildman–Crippen MR) is 123 cm³/mol. The van der Waals surface area contributed by atoms with Crippen molar-refractivity contribution in [2.45, 2.75) is 122 Å². The molecule has 0 bridgehead atoms. The van der Waals surface area contributed by atoms with Gasteiger partial charge in [0.25, 0.3) is 0 Å². The van der Waals surface area contributed by atoms with Crippen molar-refractivity contribution in [1.82, 2.24) is 0 Å². The van der Waals surface area contributed by atoms with Gasteiger partial charge in [0.1, 0.15) is 0 Å². The van der Waals surface area contributed by atoms with Crippen LogP contribution in [0, 0.1) is 11.8 Å². The first-order chi connectivity index (χ1) is 13.8. The molecule has 0 heterocycles. The summed E-state index contributed by atoms with van der Waals surface area (Å²) in [4.78, 5) is 0. The van der Waals surface area contributed by atoms with Crippen molar-refractivity contribution >= 4 is 18.6 Å². The SMILES string of the molecule is CCCCC1CCCCC1[N-]CCC[N-]C1CCCCC1CCCC.[Cl][Ti][Cl]. The molecular weight excluding hydrogens is 423 g/mol. The second kappa shape index (κ2) is 18.9. The monoisotopic (exact) mass is 466 g/mol. The van der Waals surface area contributed by atoms with E-state index in [2.05, 4.69) is 13.8 Å². The molecule has 0 N–H and O–H groups in total. The summed E-state index contributed by atoms with van der Waals surface area (Å²) in [6.07, 6.45) is 20.7. The van der Waals surface area contributed by atoms with Crippen LogP contribution in [0.4, 0.5) is 0 Å². The van der Waals surface area contributed by atoms with Gasteiger partial charge in [0.05, 0.1) is 0 Å². The number of hydrogen-bond acceptors (Lipinski definition) is 0. The first kappa shape index (κ1) is 27.2. The Morgan fingerprint density at radius 1 is 0.679 bits per heavy atom. The van der Waals surface area contributed by atoms with Crippen LogP contribution in [0.1, 0.15) is 110 Å². The molecule has 0 aromatic heterocycles. The van der Waals surface area contributed by atoms with E-state index in [1.54, 1.807) is 0 Å². The number of rotatable bonds is 12. The quantitative estimate of drug-likeness (QED) is 0.202. The third-order valence-corrected chi connectivity index (χ3v) is 6.64. The van der Waals surface area contributed by atoms with E-state index >= 15 is 0 Å². The molecule has 2 aliphatic rings. The standard InChI is InChI=1S/C23H44N2.2ClH.Ti/c1-3-5-12-20-14-7-9-16-22(20)24-18-11-19-25-23-17-10-8-15-21(23)13-6-4-2;;;/h20-23H,3-19H2,1-2H3;2*1H;/q-2;;;+2/p-2. The van der Waals surface area contributed by atoms with E-state index in [1.165, 1.54) is 96.3 Å². The second-order valence-electron chi connectivity index (χ2n) is 8.75. The summed E-state index contributed by atoms with van der Waals surface area (Å²) >= 11 is -0.556. The molecule has 0 aliphatic heterocycles. The van der Waals surface area contributed by atoms with Gasteiger partial charge in [0.15, 0.2) is 0 Å². The molecule has 166 valence electrons. The van der Waals surface area contributed by atoms with Crippen molar-refractivity contribution in [2.75, 3.05) is 13.1 Å². The van der Waals surface area contributed by atoms with Gasteiger partial charge in [-0.25, -0.2) is 0 Å². The Labute approximate surface area is 192 Å². The van der Waals surface area contributed by atoms with Crippen molar-refractivity contribution in [3.63, 3.8) is 0 Å². The maximum absolute atomic E-state index is 5.11. The fourth-order valence-electron chi connectivity index (χ4n) is 5.05. The summed E-state index contributed by atoms with van der Waals surface area (Å²) in [5.74, 6) is 1.78. The van der Waals surface area contributed by atoms with E-state index in [0.29, 0.717) is 12.1 Å². The van der Waals surface area contributed by atoms with Crippen molar-refractivity contribution in [3.05, 3.63) is 10.6 Å². The Bertz CT molecular complexity index is 317. The number of nitrogens with zero attached hydrogens (tertiary/aromatic N) is 2. The summed E-state index contributed by atoms with van der Waals surface area (Å²) in [5.41, 5.74) is 0. The van der Waals surface area contributed by atoms with Gasteiger partial charge in [-0.3, -0.25) is 0 Å². The van der Waals surface area contributed by atoms with Crippen molar-refractivity contribution in [2.24, 2.45) is 11.8 Å². The molecule has 0 aromatic rings. The van der Waals surface area contributed by atoms with E-state index in [1.807, 2.05) is 0 Å². The Hall–Kier alpha value is 1.21. The maximum atomic E-state index is 5.11. The topological polar surface area (TPSA) is 28.2 Å². The fraction of sp³-hybridized carbons (Fsp3) is 1.00. The first-order valence-corrected chi connectivity index (χ1v) is 16.4. The minimum absolute atomic E-state index is 0.556. The van der Waals surface area contributed by atoms with Gasteiger partial charge in [0, 0.05) is 0 Å². The molecule has 5 heteroatoms. The van der Waals surface area contributed by atoms with E-state index in [0.717, 1.165) is 24.9 Å². The average molecular weight is 467 g/mol. The summed E-state index contributed by atoms with van der Waals surface area (Å²) in [7, 11) is 9.78. The van der Waals surface area contributed by atoms with E-state index in [4.69, 9.17) is 29.2 Å². The normalized spacial score (nSPS) is 27.7. The molecule has 2 rings (SSSR count). The Balaban J connectivity index is 0.00000122. The van der Waals surface area contributed by atoms with Gasteiger partial charge >= 0.3 is 35.6 Å². The Morgan fingerprint density at radius 2 is 1.07 bits per heavy atom. The molecule has 0 amide bonds. The Kier molecular flexibility index (Phi) is 18.4. The molecule has 2 nitrogen and oxygen atoms in total. The van der Waals surface area contributed by atoms with Gasteiger partial charge in [-0.15, -0.1) is 12.1 Å². The summed E-state index contributed by atoms with van der Waals surface area (Å²) in [6.45, 7) is 6.75. The van der Waals surface area contributed by atoms with Crippen LogP contribution in [-0.2, 0) is 17.0 Å². The van der Waals surface area contributed by atoms with Crippen molar-refractivity contribution < 1.29 is 17.0 Å². The first-order valence-electron chi connectivity index (χ1n) is 12.1. The zero-order chi connectivity index (χ0) is 20.5. The molecule has 2 saturated carbocycles. The van der Waals surface area contributed by atoms with Gasteiger partial charge in [0.2, 0.25) is 0 Å². The van der Waals surface area contributed by atoms with E-state index < -0.39 is 17.0 Å². The molecule has 0 spiro atoms. The molecule has 4 unspecified atom stereocenters. The molecule has 0 aromatic carbocycles. The zero-order valence-electron chi connectivity index (χ0n) is 18.5. The van der Waals surface area contributed by atoms with Crippen molar-refractivity contribution in [3.8, 4) is 0 Å². The number of unbranched alkanes of at least 4 members (excludes halogenated alkanes) is 2. The van der Waals surface area contributed by atoms with Crippen LogP contribution in [0.5, 0.6) is 0 Å². The fourth-order valence-corrected chi connectivity index (χ4v) is 5.05. The summed E-state index contributed by atoms with van der Waals surface area (Å²) < 4.78 is 0. The third kappa shape index (κ3) is 12.2. The molecule has 2 aliphatic carbocycles. The predicted octanol–water partition coefficient (Wildman–Crippen LogP) is 9.00. The molecule has 4 atom stereocenters. The molecule has 0 radical (unpaired) electrons. The molecule has 2 fully saturated rings. The van der Waals surface area contributed by atoms with Crippen LogP contribution in [0.2, 0.25) is 0 Å². The van der Waals surface area contributed by atoms with Crippen LogP contribution in [0.15, 0.2) is 0 Å². The van der Waals surface area contributed by atoms with Crippen LogP contribution in [0.25, 0.3) is 10.6 Å². The second-order valence-corrected chi connectivity index (χ2v) is 11.3. The van der Waals surface area contributed by atoms with E-state index in [-0.39, 0.29) is 0 Å². The number of hydrogen-bond donors (Lipinski definition) is 0. The molecule has 0 saturated heterocycles. The summed E-state index contributed by atoms with van der Waals surface area (Å²) in [5, 5.41) is 10.2. The van der Waals surface area contributed by atoms with Gasteiger partial charge in [-0.05, 0) is 0 Å². The molecular formula is C23H44Cl2N2Ti-2. The van der Waals surface area contributed by atoms with Gasteiger partial charge in [-0.1, -0.05) is 122 Å². The van der Waals surface area contributed by atoms with Gasteiger partial charge < -0.3 is 10.6 Å². The van der Waals surface area contributed by atoms with Crippen LogP contribution >= 0.6 is 18.6 Å². The van der Waals surface area contributed by atoms with Crippen molar-refractivity contribution in [1.29, 1.82) is 0 Å². The average Bonchev–Trinajstić information content (AvgIpc) is 2.72. The van der Waals surface area contributed by atoms with Crippen LogP contribution in [-0.4, -0.2) is 25.2 Å². The zero-order valence-corrected chi connectivity index (χ0v) is 21.6. The Morgan fingerprint density at radius 3 is 1.46 bits per heavy atom. The minimum atomic E-state index is -0.556.